The highest BCUT2D eigenvalue weighted by molar-refractivity contribution is 7.80. The molecule has 0 spiro atoms. The van der Waals surface area contributed by atoms with E-state index in [1.807, 2.05) is 32.0 Å². The van der Waals surface area contributed by atoms with Crippen LogP contribution in [-0.2, 0) is 16.0 Å². The van der Waals surface area contributed by atoms with Crippen molar-refractivity contribution in [2.45, 2.75) is 26.7 Å². The molecule has 0 saturated heterocycles. The van der Waals surface area contributed by atoms with E-state index >= 15 is 0 Å². The number of thiocarbonyl (C=S) groups is 1. The Bertz CT molecular complexity index is 822. The predicted molar refractivity (Wildman–Crippen MR) is 114 cm³/mol. The predicted octanol–water partition coefficient (Wildman–Crippen LogP) is 4.38. The molecule has 0 heterocycles. The van der Waals surface area contributed by atoms with Crippen LogP contribution >= 0.6 is 23.8 Å². The molecule has 0 unspecified atom stereocenters. The summed E-state index contributed by atoms with van der Waals surface area (Å²) < 4.78 is 0. The zero-order chi connectivity index (χ0) is 19.8. The minimum Gasteiger partial charge on any atom is -0.332 e. The highest BCUT2D eigenvalue weighted by Gasteiger charge is 2.09. The lowest BCUT2D eigenvalue weighted by Gasteiger charge is -2.11. The van der Waals surface area contributed by atoms with Gasteiger partial charge in [0.15, 0.2) is 5.11 Å². The van der Waals surface area contributed by atoms with Gasteiger partial charge in [-0.1, -0.05) is 43.6 Å². The average molecular weight is 404 g/mol. The SMILES string of the molecule is CC(C)C(=O)Nc1ccc(NC(=S)NC(=O)CCc2ccccc2Cl)cc1. The van der Waals surface area contributed by atoms with Gasteiger partial charge in [0.05, 0.1) is 0 Å². The minimum atomic E-state index is -0.187. The lowest BCUT2D eigenvalue weighted by molar-refractivity contribution is -0.120. The van der Waals surface area contributed by atoms with Crippen LogP contribution in [0.4, 0.5) is 11.4 Å². The maximum atomic E-state index is 12.0. The Balaban J connectivity index is 1.80. The molecule has 0 aliphatic rings. The van der Waals surface area contributed by atoms with Crippen molar-refractivity contribution in [3.63, 3.8) is 0 Å². The van der Waals surface area contributed by atoms with Crippen LogP contribution in [-0.4, -0.2) is 16.9 Å². The largest absolute Gasteiger partial charge is 0.332 e. The second kappa shape index (κ2) is 10.0. The van der Waals surface area contributed by atoms with Crippen LogP contribution in [0.5, 0.6) is 0 Å². The standard InChI is InChI=1S/C20H22ClN3O2S/c1-13(2)19(26)22-15-8-10-16(11-9-15)23-20(27)24-18(25)12-7-14-5-3-4-6-17(14)21/h3-6,8-11,13H,7,12H2,1-2H3,(H,22,26)(H2,23,24,25,27). The first kappa shape index (κ1) is 20.9. The summed E-state index contributed by atoms with van der Waals surface area (Å²) in [5, 5.41) is 9.27. The fourth-order valence-corrected chi connectivity index (χ4v) is 2.69. The molecule has 0 bridgehead atoms. The molecular formula is C20H22ClN3O2S. The third-order valence-electron chi connectivity index (χ3n) is 3.77. The molecule has 0 atom stereocenters. The Kier molecular flexibility index (Phi) is 7.76. The number of hydrogen-bond acceptors (Lipinski definition) is 3. The van der Waals surface area contributed by atoms with E-state index in [0.717, 1.165) is 5.56 Å². The van der Waals surface area contributed by atoms with Crippen molar-refractivity contribution in [3.05, 3.63) is 59.1 Å². The van der Waals surface area contributed by atoms with E-state index in [2.05, 4.69) is 16.0 Å². The number of carbonyl (C=O) groups is 2. The number of nitrogens with one attached hydrogen (secondary N) is 3. The van der Waals surface area contributed by atoms with Crippen molar-refractivity contribution in [3.8, 4) is 0 Å². The third-order valence-corrected chi connectivity index (χ3v) is 4.34. The van der Waals surface area contributed by atoms with Gasteiger partial charge in [-0.05, 0) is 54.5 Å². The number of aryl methyl sites for hydroxylation is 1. The summed E-state index contributed by atoms with van der Waals surface area (Å²) in [5.41, 5.74) is 2.34. The monoisotopic (exact) mass is 403 g/mol. The van der Waals surface area contributed by atoms with Gasteiger partial charge in [0.1, 0.15) is 0 Å². The van der Waals surface area contributed by atoms with Crippen molar-refractivity contribution in [1.82, 2.24) is 5.32 Å². The molecule has 0 aliphatic carbocycles. The molecule has 2 aromatic carbocycles. The summed E-state index contributed by atoms with van der Waals surface area (Å²) in [4.78, 5) is 23.7. The smallest absolute Gasteiger partial charge is 0.226 e. The van der Waals surface area contributed by atoms with Crippen molar-refractivity contribution in [2.75, 3.05) is 10.6 Å². The summed E-state index contributed by atoms with van der Waals surface area (Å²) in [5.74, 6) is -0.318. The molecule has 0 radical (unpaired) electrons. The van der Waals surface area contributed by atoms with Gasteiger partial charge in [-0.15, -0.1) is 0 Å². The highest BCUT2D eigenvalue weighted by Crippen LogP contribution is 2.17. The van der Waals surface area contributed by atoms with Gasteiger partial charge in [0.25, 0.3) is 0 Å². The molecule has 2 amide bonds. The topological polar surface area (TPSA) is 70.2 Å². The summed E-state index contributed by atoms with van der Waals surface area (Å²) in [6.45, 7) is 3.66. The van der Waals surface area contributed by atoms with E-state index in [0.29, 0.717) is 22.8 Å². The van der Waals surface area contributed by atoms with Crippen LogP contribution < -0.4 is 16.0 Å². The number of rotatable bonds is 6. The van der Waals surface area contributed by atoms with Gasteiger partial charge >= 0.3 is 0 Å². The van der Waals surface area contributed by atoms with Gasteiger partial charge < -0.3 is 16.0 Å². The normalized spacial score (nSPS) is 10.4. The molecular weight excluding hydrogens is 382 g/mol. The molecule has 7 heteroatoms. The molecule has 0 aliphatic heterocycles. The molecule has 5 nitrogen and oxygen atoms in total. The van der Waals surface area contributed by atoms with E-state index in [1.165, 1.54) is 0 Å². The number of carbonyl (C=O) groups excluding carboxylic acids is 2. The molecule has 142 valence electrons. The van der Waals surface area contributed by atoms with Crippen LogP contribution in [0.2, 0.25) is 5.02 Å². The Labute approximate surface area is 169 Å². The molecule has 0 aromatic heterocycles. The summed E-state index contributed by atoms with van der Waals surface area (Å²) in [6.07, 6.45) is 0.824. The summed E-state index contributed by atoms with van der Waals surface area (Å²) in [7, 11) is 0. The van der Waals surface area contributed by atoms with Crippen molar-refractivity contribution < 1.29 is 9.59 Å². The van der Waals surface area contributed by atoms with E-state index in [9.17, 15) is 9.59 Å². The number of hydrogen-bond donors (Lipinski definition) is 3. The zero-order valence-electron chi connectivity index (χ0n) is 15.2. The van der Waals surface area contributed by atoms with Crippen molar-refractivity contribution in [2.24, 2.45) is 5.92 Å². The number of amides is 2. The third kappa shape index (κ3) is 7.00. The Hall–Kier alpha value is -2.44. The maximum Gasteiger partial charge on any atom is 0.226 e. The second-order valence-corrected chi connectivity index (χ2v) is 7.13. The van der Waals surface area contributed by atoms with Crippen molar-refractivity contribution >= 4 is 52.1 Å². The van der Waals surface area contributed by atoms with Gasteiger partial charge in [-0.25, -0.2) is 0 Å². The molecule has 27 heavy (non-hydrogen) atoms. The Morgan fingerprint density at radius 2 is 1.59 bits per heavy atom. The number of anilines is 2. The van der Waals surface area contributed by atoms with Gasteiger partial charge in [-0.3, -0.25) is 9.59 Å². The highest BCUT2D eigenvalue weighted by atomic mass is 35.5. The minimum absolute atomic E-state index is 0.0444. The molecule has 0 fully saturated rings. The fraction of sp³-hybridized carbons (Fsp3) is 0.250. The van der Waals surface area contributed by atoms with Gasteiger partial charge in [0.2, 0.25) is 11.8 Å². The first-order valence-corrected chi connectivity index (χ1v) is 9.39. The lowest BCUT2D eigenvalue weighted by Crippen LogP contribution is -2.34. The Morgan fingerprint density at radius 3 is 2.19 bits per heavy atom. The van der Waals surface area contributed by atoms with Gasteiger partial charge in [0, 0.05) is 28.7 Å². The van der Waals surface area contributed by atoms with Crippen LogP contribution in [0, 0.1) is 5.92 Å². The van der Waals surface area contributed by atoms with Crippen LogP contribution in [0.3, 0.4) is 0 Å². The summed E-state index contributed by atoms with van der Waals surface area (Å²) in [6, 6.07) is 14.5. The fourth-order valence-electron chi connectivity index (χ4n) is 2.22. The zero-order valence-corrected chi connectivity index (χ0v) is 16.8. The van der Waals surface area contributed by atoms with E-state index < -0.39 is 0 Å². The van der Waals surface area contributed by atoms with E-state index in [4.69, 9.17) is 23.8 Å². The molecule has 2 rings (SSSR count). The maximum absolute atomic E-state index is 12.0. The first-order valence-electron chi connectivity index (χ1n) is 8.60. The summed E-state index contributed by atoms with van der Waals surface area (Å²) >= 11 is 11.3. The first-order chi connectivity index (χ1) is 12.8. The number of benzene rings is 2. The second-order valence-electron chi connectivity index (χ2n) is 6.32. The number of halogens is 1. The van der Waals surface area contributed by atoms with Crippen molar-refractivity contribution in [1.29, 1.82) is 0 Å². The molecule has 2 aromatic rings. The van der Waals surface area contributed by atoms with Crippen LogP contribution in [0.25, 0.3) is 0 Å². The van der Waals surface area contributed by atoms with Crippen LogP contribution in [0.1, 0.15) is 25.8 Å². The lowest BCUT2D eigenvalue weighted by atomic mass is 10.1. The van der Waals surface area contributed by atoms with Gasteiger partial charge in [-0.2, -0.15) is 0 Å². The molecule has 3 N–H and O–H groups in total. The van der Waals surface area contributed by atoms with Crippen LogP contribution in [0.15, 0.2) is 48.5 Å². The van der Waals surface area contributed by atoms with E-state index in [1.54, 1.807) is 30.3 Å². The quantitative estimate of drug-likeness (QED) is 0.626. The van der Waals surface area contributed by atoms with E-state index in [-0.39, 0.29) is 29.3 Å². The molecule has 0 saturated carbocycles. The average Bonchev–Trinajstić information content (AvgIpc) is 2.62. The Morgan fingerprint density at radius 1 is 1.00 bits per heavy atom.